The molecule has 0 saturated heterocycles. The van der Waals surface area contributed by atoms with Crippen molar-refractivity contribution < 1.29 is 28.6 Å². The zero-order valence-corrected chi connectivity index (χ0v) is 7.69. The summed E-state index contributed by atoms with van der Waals surface area (Å²) in [4.78, 5) is 0. The van der Waals surface area contributed by atoms with Crippen LogP contribution in [0.4, 0.5) is 0 Å². The summed E-state index contributed by atoms with van der Waals surface area (Å²) < 4.78 is 40.7. The van der Waals surface area contributed by atoms with Crippen LogP contribution in [0.15, 0.2) is 0 Å². The summed E-state index contributed by atoms with van der Waals surface area (Å²) in [5, 5.41) is 0. The van der Waals surface area contributed by atoms with Crippen LogP contribution in [0.5, 0.6) is 0 Å². The van der Waals surface area contributed by atoms with E-state index in [1.54, 1.807) is 0 Å². The van der Waals surface area contributed by atoms with Crippen molar-refractivity contribution in [2.45, 2.75) is 0 Å². The SMILES string of the molecule is O.O.O=[As](=O)O[As](=O)=O. The molecule has 4 N–H and O–H groups in total. The van der Waals surface area contributed by atoms with Crippen LogP contribution in [0.3, 0.4) is 0 Å². The van der Waals surface area contributed by atoms with Gasteiger partial charge in [0.2, 0.25) is 0 Å². The third-order valence-corrected chi connectivity index (χ3v) is 3.60. The average Bonchev–Trinajstić information content (AvgIpc) is 1.27. The van der Waals surface area contributed by atoms with Gasteiger partial charge in [-0.25, -0.2) is 0 Å². The summed E-state index contributed by atoms with van der Waals surface area (Å²) in [7, 11) is 0. The van der Waals surface area contributed by atoms with Gasteiger partial charge in [-0.2, -0.15) is 0 Å². The van der Waals surface area contributed by atoms with Crippen molar-refractivity contribution in [3.8, 4) is 0 Å². The maximum absolute atomic E-state index is 9.34. The second-order valence-electron chi connectivity index (χ2n) is 0.529. The summed E-state index contributed by atoms with van der Waals surface area (Å²) in [6, 6.07) is 0. The van der Waals surface area contributed by atoms with E-state index < -0.39 is 29.7 Å². The van der Waals surface area contributed by atoms with Gasteiger partial charge in [-0.3, -0.25) is 0 Å². The number of rotatable bonds is 2. The van der Waals surface area contributed by atoms with Crippen molar-refractivity contribution in [3.63, 3.8) is 0 Å². The fraction of sp³-hybridized carbons (Fsp3) is 0. The van der Waals surface area contributed by atoms with Crippen molar-refractivity contribution in [2.75, 3.05) is 0 Å². The molecule has 0 aliphatic carbocycles. The molecule has 0 amide bonds. The molecule has 0 spiro atoms. The van der Waals surface area contributed by atoms with Crippen molar-refractivity contribution in [1.29, 1.82) is 0 Å². The monoisotopic (exact) mass is 266 g/mol. The second kappa shape index (κ2) is 8.20. The van der Waals surface area contributed by atoms with Crippen LogP contribution in [0.25, 0.3) is 0 Å². The average molecular weight is 266 g/mol. The van der Waals surface area contributed by atoms with Gasteiger partial charge < -0.3 is 11.0 Å². The Balaban J connectivity index is -0.000000180. The molecule has 0 heterocycles. The molecule has 56 valence electrons. The van der Waals surface area contributed by atoms with Gasteiger partial charge in [0.05, 0.1) is 0 Å². The zero-order chi connectivity index (χ0) is 5.86. The molecule has 0 rings (SSSR count). The van der Waals surface area contributed by atoms with Crippen LogP contribution in [0.2, 0.25) is 0 Å². The van der Waals surface area contributed by atoms with Gasteiger partial charge >= 0.3 is 47.4 Å². The van der Waals surface area contributed by atoms with E-state index >= 15 is 0 Å². The molecule has 0 unspecified atom stereocenters. The molecule has 0 aromatic rings. The molecule has 0 atom stereocenters. The van der Waals surface area contributed by atoms with Gasteiger partial charge in [0.15, 0.2) is 0 Å². The molecule has 0 radical (unpaired) electrons. The van der Waals surface area contributed by atoms with Crippen LogP contribution in [-0.2, 0) is 17.7 Å². The maximum atomic E-state index is 9.34. The Morgan fingerprint density at radius 2 is 1.00 bits per heavy atom. The summed E-state index contributed by atoms with van der Waals surface area (Å²) in [5.74, 6) is 0. The van der Waals surface area contributed by atoms with Gasteiger partial charge in [0, 0.05) is 0 Å². The third kappa shape index (κ3) is 17.9. The summed E-state index contributed by atoms with van der Waals surface area (Å²) in [5.41, 5.74) is 0. The van der Waals surface area contributed by atoms with Gasteiger partial charge in [-0.15, -0.1) is 0 Å². The predicted molar refractivity (Wildman–Crippen MR) is 22.6 cm³/mol. The Labute approximate surface area is 58.7 Å². The Morgan fingerprint density at radius 1 is 0.778 bits per heavy atom. The molecular weight excluding hydrogens is 262 g/mol. The van der Waals surface area contributed by atoms with E-state index in [0.717, 1.165) is 0 Å². The van der Waals surface area contributed by atoms with Gasteiger partial charge in [-0.05, 0) is 0 Å². The molecule has 9 heteroatoms. The number of hydrogen-bond donors (Lipinski definition) is 0. The molecule has 0 fully saturated rings. The predicted octanol–water partition coefficient (Wildman–Crippen LogP) is -2.95. The summed E-state index contributed by atoms with van der Waals surface area (Å²) in [6.07, 6.45) is 0. The normalized spacial score (nSPS) is 6.22. The van der Waals surface area contributed by atoms with E-state index in [4.69, 9.17) is 0 Å². The standard InChI is InChI=1S/As2O5.2H2O/c3-1(4)7-2(5)6;;/h;2*1H2. The van der Waals surface area contributed by atoms with Crippen LogP contribution >= 0.6 is 0 Å². The second-order valence-corrected chi connectivity index (χ2v) is 4.53. The van der Waals surface area contributed by atoms with Crippen LogP contribution in [-0.4, -0.2) is 40.7 Å². The Morgan fingerprint density at radius 3 is 1.00 bits per heavy atom. The third-order valence-electron chi connectivity index (χ3n) is 0.133. The minimum atomic E-state index is -3.84. The molecule has 7 nitrogen and oxygen atoms in total. The van der Waals surface area contributed by atoms with Crippen molar-refractivity contribution >= 4 is 29.7 Å². The fourth-order valence-electron chi connectivity index (χ4n) is 0.0544. The molecule has 0 aromatic heterocycles. The molecule has 9 heavy (non-hydrogen) atoms. The van der Waals surface area contributed by atoms with Crippen molar-refractivity contribution in [2.24, 2.45) is 0 Å². The zero-order valence-electron chi connectivity index (χ0n) is 3.94. The van der Waals surface area contributed by atoms with Crippen LogP contribution in [0.1, 0.15) is 0 Å². The Hall–Kier alpha value is 0.197. The fourth-order valence-corrected chi connectivity index (χ4v) is 1.47. The van der Waals surface area contributed by atoms with Crippen LogP contribution in [0, 0.1) is 0 Å². The Kier molecular flexibility index (Phi) is 14.7. The quantitative estimate of drug-likeness (QED) is 0.491. The van der Waals surface area contributed by atoms with E-state index in [1.807, 2.05) is 0 Å². The molecule has 0 aromatic carbocycles. The first kappa shape index (κ1) is 16.1. The van der Waals surface area contributed by atoms with E-state index in [0.29, 0.717) is 0 Å². The topological polar surface area (TPSA) is 141 Å². The van der Waals surface area contributed by atoms with Gasteiger partial charge in [0.1, 0.15) is 0 Å². The summed E-state index contributed by atoms with van der Waals surface area (Å²) in [6.45, 7) is 0. The van der Waals surface area contributed by atoms with Gasteiger partial charge in [0.25, 0.3) is 0 Å². The van der Waals surface area contributed by atoms with E-state index in [-0.39, 0.29) is 11.0 Å². The molecular formula is H4As2O7. The first-order valence-electron chi connectivity index (χ1n) is 1.10. The van der Waals surface area contributed by atoms with Gasteiger partial charge in [-0.1, -0.05) is 0 Å². The first-order valence-corrected chi connectivity index (χ1v) is 5.69. The van der Waals surface area contributed by atoms with E-state index in [1.165, 1.54) is 0 Å². The summed E-state index contributed by atoms with van der Waals surface area (Å²) >= 11 is -7.69. The van der Waals surface area contributed by atoms with Crippen molar-refractivity contribution in [1.82, 2.24) is 0 Å². The molecule has 0 aliphatic heterocycles. The van der Waals surface area contributed by atoms with E-state index in [2.05, 4.69) is 2.72 Å². The minimum absolute atomic E-state index is 0. The molecule has 0 saturated carbocycles. The Bertz CT molecular complexity index is 135. The molecule has 0 aliphatic rings. The van der Waals surface area contributed by atoms with Crippen molar-refractivity contribution in [3.05, 3.63) is 0 Å². The van der Waals surface area contributed by atoms with E-state index in [9.17, 15) is 15.0 Å². The molecule has 0 bridgehead atoms. The first-order chi connectivity index (χ1) is 3.13. The number of hydrogen-bond acceptors (Lipinski definition) is 5. The van der Waals surface area contributed by atoms with Crippen LogP contribution < -0.4 is 0 Å².